The average molecular weight is 602 g/mol. The van der Waals surface area contributed by atoms with Gasteiger partial charge in [-0.1, -0.05) is 12.1 Å². The van der Waals surface area contributed by atoms with Gasteiger partial charge >= 0.3 is 6.18 Å². The van der Waals surface area contributed by atoms with Crippen molar-refractivity contribution in [1.29, 1.82) is 0 Å². The molecule has 1 amide bonds. The molecule has 3 aromatic carbocycles. The maximum absolute atomic E-state index is 13.2. The number of nitrogens with one attached hydrogen (secondary N) is 1. The number of anilines is 3. The first-order chi connectivity index (χ1) is 21.1. The predicted molar refractivity (Wildman–Crippen MR) is 159 cm³/mol. The van der Waals surface area contributed by atoms with Crippen LogP contribution in [0.25, 0.3) is 33.2 Å². The number of carbonyl (C=O) groups excluding carboxylic acids is 1. The largest absolute Gasteiger partial charge is 0.507 e. The molecular formula is C31H26F3N7O3. The van der Waals surface area contributed by atoms with Crippen LogP contribution in [-0.2, 0) is 10.9 Å². The number of morpholine rings is 1. The molecule has 5 aromatic rings. The Labute approximate surface area is 249 Å². The lowest BCUT2D eigenvalue weighted by molar-refractivity contribution is -0.137. The molecule has 10 nitrogen and oxygen atoms in total. The van der Waals surface area contributed by atoms with E-state index in [1.165, 1.54) is 18.3 Å². The molecule has 6 rings (SSSR count). The maximum Gasteiger partial charge on any atom is 0.416 e. The molecule has 1 fully saturated rings. The summed E-state index contributed by atoms with van der Waals surface area (Å²) < 4.78 is 44.9. The third kappa shape index (κ3) is 5.69. The van der Waals surface area contributed by atoms with E-state index in [1.807, 2.05) is 11.8 Å². The van der Waals surface area contributed by atoms with Crippen molar-refractivity contribution in [2.45, 2.75) is 13.1 Å². The summed E-state index contributed by atoms with van der Waals surface area (Å²) in [5.74, 6) is -0.214. The lowest BCUT2D eigenvalue weighted by atomic mass is 9.92. The molecule has 3 heterocycles. The Morgan fingerprint density at radius 2 is 1.75 bits per heavy atom. The minimum Gasteiger partial charge on any atom is -0.507 e. The summed E-state index contributed by atoms with van der Waals surface area (Å²) >= 11 is 0. The lowest BCUT2D eigenvalue weighted by Gasteiger charge is -2.26. The fourth-order valence-corrected chi connectivity index (χ4v) is 5.07. The molecule has 1 saturated heterocycles. The number of aromatic hydroxyl groups is 1. The molecule has 0 atom stereocenters. The van der Waals surface area contributed by atoms with Crippen LogP contribution in [-0.4, -0.2) is 57.3 Å². The Hall–Kier alpha value is -5.30. The summed E-state index contributed by atoms with van der Waals surface area (Å²) in [5, 5.41) is 14.8. The Balaban J connectivity index is 1.41. The number of carbonyl (C=O) groups is 1. The van der Waals surface area contributed by atoms with Gasteiger partial charge in [0.2, 0.25) is 11.9 Å². The van der Waals surface area contributed by atoms with Gasteiger partial charge in [-0.3, -0.25) is 4.79 Å². The Kier molecular flexibility index (Phi) is 7.47. The quantitative estimate of drug-likeness (QED) is 0.240. The number of aryl methyl sites for hydroxylation is 1. The van der Waals surface area contributed by atoms with E-state index >= 15 is 0 Å². The van der Waals surface area contributed by atoms with Gasteiger partial charge < -0.3 is 25.8 Å². The summed E-state index contributed by atoms with van der Waals surface area (Å²) in [7, 11) is 0. The van der Waals surface area contributed by atoms with Crippen LogP contribution in [0.4, 0.5) is 30.8 Å². The number of phenolic OH excluding ortho intramolecular Hbond substituents is 1. The summed E-state index contributed by atoms with van der Waals surface area (Å²) in [5.41, 5.74) is 8.04. The molecule has 13 heteroatoms. The van der Waals surface area contributed by atoms with Crippen LogP contribution in [0, 0.1) is 6.92 Å². The second-order valence-electron chi connectivity index (χ2n) is 10.2. The Morgan fingerprint density at radius 3 is 2.48 bits per heavy atom. The molecule has 0 radical (unpaired) electrons. The molecule has 44 heavy (non-hydrogen) atoms. The van der Waals surface area contributed by atoms with Crippen molar-refractivity contribution < 1.29 is 27.8 Å². The molecule has 1 aliphatic heterocycles. The van der Waals surface area contributed by atoms with Crippen LogP contribution in [0.15, 0.2) is 67.1 Å². The van der Waals surface area contributed by atoms with Crippen molar-refractivity contribution >= 4 is 34.4 Å². The average Bonchev–Trinajstić information content (AvgIpc) is 3.01. The van der Waals surface area contributed by atoms with E-state index in [1.54, 1.807) is 36.7 Å². The Bertz CT molecular complexity index is 1880. The molecule has 2 aromatic heterocycles. The standard InChI is InChI=1S/C31H26F3N7O3/c1-17-5-6-18(28(43)39-22-4-2-3-21(13-22)31(32,33)34)11-23(17)24-12-19-14-36-29(35)40-26(19)25(27(24)42)20-15-37-30(38-16-20)41-7-9-44-10-8-41/h2-6,11-16,42H,7-10H2,1H3,(H,39,43)(H2,35,36,40). The zero-order valence-electron chi connectivity index (χ0n) is 23.4. The number of alkyl halides is 3. The van der Waals surface area contributed by atoms with Crippen LogP contribution in [0.5, 0.6) is 5.75 Å². The minimum absolute atomic E-state index is 0.00180. The SMILES string of the molecule is Cc1ccc(C(=O)Nc2cccc(C(F)(F)F)c2)cc1-c1cc2cnc(N)nc2c(-c2cnc(N3CCOCC3)nc2)c1O. The third-order valence-corrected chi connectivity index (χ3v) is 7.32. The van der Waals surface area contributed by atoms with E-state index in [9.17, 15) is 23.1 Å². The van der Waals surface area contributed by atoms with Gasteiger partial charge in [0.15, 0.2) is 0 Å². The van der Waals surface area contributed by atoms with E-state index < -0.39 is 17.6 Å². The van der Waals surface area contributed by atoms with Gasteiger partial charge in [0.25, 0.3) is 5.91 Å². The van der Waals surface area contributed by atoms with Gasteiger partial charge in [-0.05, 0) is 54.4 Å². The zero-order chi connectivity index (χ0) is 31.0. The van der Waals surface area contributed by atoms with E-state index in [4.69, 9.17) is 10.5 Å². The van der Waals surface area contributed by atoms with Crippen molar-refractivity contribution in [2.24, 2.45) is 0 Å². The van der Waals surface area contributed by atoms with Gasteiger partial charge in [-0.15, -0.1) is 0 Å². The normalized spacial score (nSPS) is 13.7. The monoisotopic (exact) mass is 601 g/mol. The van der Waals surface area contributed by atoms with Crippen molar-refractivity contribution in [3.63, 3.8) is 0 Å². The summed E-state index contributed by atoms with van der Waals surface area (Å²) in [6.07, 6.45) is 0.179. The predicted octanol–water partition coefficient (Wildman–Crippen LogP) is 5.46. The summed E-state index contributed by atoms with van der Waals surface area (Å²) in [4.78, 5) is 32.7. The highest BCUT2D eigenvalue weighted by molar-refractivity contribution is 6.06. The van der Waals surface area contributed by atoms with Gasteiger partial charge in [0.1, 0.15) is 5.75 Å². The number of ether oxygens (including phenoxy) is 1. The second kappa shape index (κ2) is 11.4. The van der Waals surface area contributed by atoms with Crippen LogP contribution < -0.4 is 16.0 Å². The highest BCUT2D eigenvalue weighted by Crippen LogP contribution is 2.44. The van der Waals surface area contributed by atoms with Gasteiger partial charge in [-0.25, -0.2) is 19.9 Å². The highest BCUT2D eigenvalue weighted by Gasteiger charge is 2.30. The Morgan fingerprint density at radius 1 is 1.00 bits per heavy atom. The smallest absolute Gasteiger partial charge is 0.416 e. The number of phenols is 1. The van der Waals surface area contributed by atoms with E-state index in [0.717, 1.165) is 17.7 Å². The van der Waals surface area contributed by atoms with Crippen molar-refractivity contribution in [3.05, 3.63) is 83.8 Å². The van der Waals surface area contributed by atoms with Gasteiger partial charge in [0, 0.05) is 59.4 Å². The van der Waals surface area contributed by atoms with Crippen molar-refractivity contribution in [1.82, 2.24) is 19.9 Å². The van der Waals surface area contributed by atoms with Crippen LogP contribution >= 0.6 is 0 Å². The molecule has 0 unspecified atom stereocenters. The first-order valence-electron chi connectivity index (χ1n) is 13.6. The van der Waals surface area contributed by atoms with Gasteiger partial charge in [-0.2, -0.15) is 13.2 Å². The summed E-state index contributed by atoms with van der Waals surface area (Å²) in [6.45, 7) is 4.27. The third-order valence-electron chi connectivity index (χ3n) is 7.32. The fourth-order valence-electron chi connectivity index (χ4n) is 5.07. The van der Waals surface area contributed by atoms with E-state index in [2.05, 4.69) is 25.3 Å². The highest BCUT2D eigenvalue weighted by atomic mass is 19.4. The lowest BCUT2D eigenvalue weighted by Crippen LogP contribution is -2.37. The molecule has 0 aliphatic carbocycles. The number of benzene rings is 3. The van der Waals surface area contributed by atoms with Crippen molar-refractivity contribution in [3.8, 4) is 28.0 Å². The molecule has 224 valence electrons. The minimum atomic E-state index is -4.55. The number of amides is 1. The summed E-state index contributed by atoms with van der Waals surface area (Å²) in [6, 6.07) is 10.9. The number of nitrogens with two attached hydrogens (primary N) is 1. The molecule has 0 bridgehead atoms. The number of aromatic nitrogens is 4. The second-order valence-corrected chi connectivity index (χ2v) is 10.2. The topological polar surface area (TPSA) is 139 Å². The first kappa shape index (κ1) is 28.8. The van der Waals surface area contributed by atoms with E-state index in [-0.39, 0.29) is 22.9 Å². The molecule has 1 aliphatic rings. The van der Waals surface area contributed by atoms with Gasteiger partial charge in [0.05, 0.1) is 29.9 Å². The molecule has 0 saturated carbocycles. The van der Waals surface area contributed by atoms with Crippen LogP contribution in [0.3, 0.4) is 0 Å². The number of nitrogens with zero attached hydrogens (tertiary/aromatic N) is 5. The van der Waals surface area contributed by atoms with Crippen LogP contribution in [0.2, 0.25) is 0 Å². The number of hydrogen-bond acceptors (Lipinski definition) is 9. The number of fused-ring (bicyclic) bond motifs is 1. The maximum atomic E-state index is 13.2. The molecule has 4 N–H and O–H groups in total. The number of rotatable bonds is 5. The fraction of sp³-hybridized carbons (Fsp3) is 0.194. The number of halogens is 3. The van der Waals surface area contributed by atoms with Crippen LogP contribution in [0.1, 0.15) is 21.5 Å². The number of hydrogen-bond donors (Lipinski definition) is 3. The van der Waals surface area contributed by atoms with E-state index in [0.29, 0.717) is 65.4 Å². The number of nitrogen functional groups attached to an aromatic ring is 1. The first-order valence-corrected chi connectivity index (χ1v) is 13.6. The van der Waals surface area contributed by atoms with Crippen molar-refractivity contribution in [2.75, 3.05) is 42.3 Å². The molecule has 0 spiro atoms. The molecular weight excluding hydrogens is 575 g/mol. The zero-order valence-corrected chi connectivity index (χ0v) is 23.4.